The summed E-state index contributed by atoms with van der Waals surface area (Å²) in [6.07, 6.45) is 4.12. The van der Waals surface area contributed by atoms with Crippen molar-refractivity contribution in [1.82, 2.24) is 9.55 Å². The number of hydrogen-bond acceptors (Lipinski definition) is 7. The second-order valence-electron chi connectivity index (χ2n) is 6.91. The fourth-order valence-electron chi connectivity index (χ4n) is 3.43. The van der Waals surface area contributed by atoms with Crippen LogP contribution in [0.25, 0.3) is 10.2 Å². The van der Waals surface area contributed by atoms with Gasteiger partial charge in [-0.25, -0.2) is 4.98 Å². The Hall–Kier alpha value is -2.43. The van der Waals surface area contributed by atoms with Crippen molar-refractivity contribution < 1.29 is 9.72 Å². The van der Waals surface area contributed by atoms with Gasteiger partial charge in [-0.15, -0.1) is 11.3 Å². The summed E-state index contributed by atoms with van der Waals surface area (Å²) in [5.41, 5.74) is 1.19. The normalized spacial score (nSPS) is 13.3. The van der Waals surface area contributed by atoms with Crippen LogP contribution >= 0.6 is 34.7 Å². The molecule has 8 nitrogen and oxygen atoms in total. The number of carbonyl (C=O) groups is 1. The summed E-state index contributed by atoms with van der Waals surface area (Å²) < 4.78 is 1.49. The molecule has 0 saturated carbocycles. The Labute approximate surface area is 184 Å². The van der Waals surface area contributed by atoms with E-state index in [-0.39, 0.29) is 33.6 Å². The van der Waals surface area contributed by atoms with E-state index in [0.29, 0.717) is 10.5 Å². The molecule has 3 aromatic rings. The van der Waals surface area contributed by atoms with Crippen LogP contribution in [0, 0.1) is 10.1 Å². The third-order valence-corrected chi connectivity index (χ3v) is 7.45. The van der Waals surface area contributed by atoms with Crippen LogP contribution in [0.4, 0.5) is 11.4 Å². The van der Waals surface area contributed by atoms with Gasteiger partial charge in [-0.3, -0.25) is 24.3 Å². The fraction of sp³-hybridized carbons (Fsp3) is 0.316. The standard InChI is InChI=1S/C19H17ClN4O4S2/c1-23-18(26)16-11-4-2-3-5-14(11)30-17(16)22-19(23)29-9-15(25)21-13-7-6-10(24(27)28)8-12(13)20/h6-8H,2-5,9H2,1H3,(H,21,25). The number of carbonyl (C=O) groups excluding carboxylic acids is 1. The molecule has 0 fully saturated rings. The van der Waals surface area contributed by atoms with Crippen molar-refractivity contribution in [3.8, 4) is 0 Å². The average molecular weight is 465 g/mol. The van der Waals surface area contributed by atoms with Crippen molar-refractivity contribution in [2.75, 3.05) is 11.1 Å². The van der Waals surface area contributed by atoms with Crippen LogP contribution in [0.3, 0.4) is 0 Å². The second-order valence-corrected chi connectivity index (χ2v) is 9.34. The van der Waals surface area contributed by atoms with Crippen LogP contribution in [0.1, 0.15) is 23.3 Å². The zero-order valence-electron chi connectivity index (χ0n) is 15.9. The van der Waals surface area contributed by atoms with Gasteiger partial charge in [0.05, 0.1) is 26.8 Å². The molecule has 2 heterocycles. The number of non-ortho nitro benzene ring substituents is 1. The molecule has 4 rings (SSSR count). The Bertz CT molecular complexity index is 1240. The third-order valence-electron chi connectivity index (χ3n) is 4.93. The summed E-state index contributed by atoms with van der Waals surface area (Å²) >= 11 is 8.74. The number of hydrogen-bond donors (Lipinski definition) is 1. The summed E-state index contributed by atoms with van der Waals surface area (Å²) in [6.45, 7) is 0. The highest BCUT2D eigenvalue weighted by atomic mass is 35.5. The number of nitrogens with one attached hydrogen (secondary N) is 1. The molecule has 0 bridgehead atoms. The van der Waals surface area contributed by atoms with Gasteiger partial charge in [-0.05, 0) is 37.3 Å². The Morgan fingerprint density at radius 2 is 2.17 bits per heavy atom. The minimum Gasteiger partial charge on any atom is -0.324 e. The lowest BCUT2D eigenvalue weighted by molar-refractivity contribution is -0.384. The molecule has 1 N–H and O–H groups in total. The number of rotatable bonds is 5. The minimum absolute atomic E-state index is 0.0180. The van der Waals surface area contributed by atoms with Crippen LogP contribution in [-0.2, 0) is 24.7 Å². The lowest BCUT2D eigenvalue weighted by atomic mass is 9.97. The first-order valence-corrected chi connectivity index (χ1v) is 11.4. The van der Waals surface area contributed by atoms with Gasteiger partial charge >= 0.3 is 0 Å². The number of benzene rings is 1. The van der Waals surface area contributed by atoms with E-state index in [1.807, 2.05) is 0 Å². The van der Waals surface area contributed by atoms with Gasteiger partial charge in [-0.2, -0.15) is 0 Å². The van der Waals surface area contributed by atoms with Crippen molar-refractivity contribution in [1.29, 1.82) is 0 Å². The van der Waals surface area contributed by atoms with Gasteiger partial charge in [0.25, 0.3) is 11.2 Å². The summed E-state index contributed by atoms with van der Waals surface area (Å²) in [4.78, 5) is 42.1. The average Bonchev–Trinajstić information content (AvgIpc) is 3.09. The molecule has 0 aliphatic heterocycles. The fourth-order valence-corrected chi connectivity index (χ4v) is 5.73. The first-order valence-electron chi connectivity index (χ1n) is 9.23. The number of amides is 1. The van der Waals surface area contributed by atoms with Crippen molar-refractivity contribution >= 4 is 62.2 Å². The highest BCUT2D eigenvalue weighted by molar-refractivity contribution is 7.99. The zero-order chi connectivity index (χ0) is 21.4. The Balaban J connectivity index is 1.51. The van der Waals surface area contributed by atoms with Crippen molar-refractivity contribution in [2.45, 2.75) is 30.8 Å². The number of anilines is 1. The summed E-state index contributed by atoms with van der Waals surface area (Å²) in [5.74, 6) is -0.333. The van der Waals surface area contributed by atoms with E-state index in [9.17, 15) is 19.7 Å². The second kappa shape index (κ2) is 8.37. The molecule has 1 aliphatic rings. The third kappa shape index (κ3) is 3.94. The van der Waals surface area contributed by atoms with E-state index in [1.54, 1.807) is 18.4 Å². The van der Waals surface area contributed by atoms with E-state index in [0.717, 1.165) is 47.8 Å². The maximum absolute atomic E-state index is 12.9. The highest BCUT2D eigenvalue weighted by Crippen LogP contribution is 2.34. The summed E-state index contributed by atoms with van der Waals surface area (Å²) in [5, 5.41) is 14.7. The predicted molar refractivity (Wildman–Crippen MR) is 119 cm³/mol. The van der Waals surface area contributed by atoms with Crippen molar-refractivity contribution in [2.24, 2.45) is 7.05 Å². The van der Waals surface area contributed by atoms with Gasteiger partial charge in [0.15, 0.2) is 5.16 Å². The summed E-state index contributed by atoms with van der Waals surface area (Å²) in [7, 11) is 1.66. The SMILES string of the molecule is Cn1c(SCC(=O)Nc2ccc([N+](=O)[O-])cc2Cl)nc2sc3c(c2c1=O)CCCC3. The monoisotopic (exact) mass is 464 g/mol. The number of thiophene rings is 1. The Morgan fingerprint density at radius 1 is 1.40 bits per heavy atom. The van der Waals surface area contributed by atoms with Crippen LogP contribution in [0.5, 0.6) is 0 Å². The lowest BCUT2D eigenvalue weighted by Crippen LogP contribution is -2.22. The largest absolute Gasteiger partial charge is 0.324 e. The first kappa shape index (κ1) is 20.8. The van der Waals surface area contributed by atoms with E-state index in [2.05, 4.69) is 10.3 Å². The van der Waals surface area contributed by atoms with Gasteiger partial charge < -0.3 is 5.32 Å². The Morgan fingerprint density at radius 3 is 2.90 bits per heavy atom. The smallest absolute Gasteiger partial charge is 0.271 e. The molecular weight excluding hydrogens is 448 g/mol. The number of aryl methyl sites for hydroxylation is 2. The molecule has 2 aromatic heterocycles. The minimum atomic E-state index is -0.557. The van der Waals surface area contributed by atoms with Gasteiger partial charge in [-0.1, -0.05) is 23.4 Å². The first-order chi connectivity index (χ1) is 14.3. The molecule has 1 aliphatic carbocycles. The molecule has 11 heteroatoms. The molecule has 1 aromatic carbocycles. The van der Waals surface area contributed by atoms with Crippen LogP contribution in [-0.4, -0.2) is 26.1 Å². The molecule has 0 saturated heterocycles. The topological polar surface area (TPSA) is 107 Å². The number of aromatic nitrogens is 2. The number of thioether (sulfide) groups is 1. The maximum atomic E-state index is 12.9. The molecule has 30 heavy (non-hydrogen) atoms. The van der Waals surface area contributed by atoms with Crippen LogP contribution in [0.2, 0.25) is 5.02 Å². The highest BCUT2D eigenvalue weighted by Gasteiger charge is 2.21. The van der Waals surface area contributed by atoms with Crippen molar-refractivity contribution in [3.05, 3.63) is 54.1 Å². The van der Waals surface area contributed by atoms with Crippen LogP contribution < -0.4 is 10.9 Å². The van der Waals surface area contributed by atoms with Gasteiger partial charge in [0, 0.05) is 24.1 Å². The molecule has 1 amide bonds. The number of halogens is 1. The number of fused-ring (bicyclic) bond motifs is 3. The zero-order valence-corrected chi connectivity index (χ0v) is 18.3. The van der Waals surface area contributed by atoms with E-state index < -0.39 is 4.92 Å². The molecule has 0 atom stereocenters. The molecule has 0 spiro atoms. The molecule has 0 unspecified atom stereocenters. The van der Waals surface area contributed by atoms with E-state index in [4.69, 9.17) is 11.6 Å². The van der Waals surface area contributed by atoms with Crippen LogP contribution in [0.15, 0.2) is 28.2 Å². The van der Waals surface area contributed by atoms with Gasteiger partial charge in [0.2, 0.25) is 5.91 Å². The number of nitro benzene ring substituents is 1. The quantitative estimate of drug-likeness (QED) is 0.263. The van der Waals surface area contributed by atoms with Crippen molar-refractivity contribution in [3.63, 3.8) is 0 Å². The predicted octanol–water partition coefficient (Wildman–Crippen LogP) is 4.17. The molecular formula is C19H17ClN4O4S2. The molecule has 0 radical (unpaired) electrons. The number of nitro groups is 1. The molecule has 156 valence electrons. The summed E-state index contributed by atoms with van der Waals surface area (Å²) in [6, 6.07) is 3.84. The maximum Gasteiger partial charge on any atom is 0.271 e. The number of nitrogens with zero attached hydrogens (tertiary/aromatic N) is 3. The van der Waals surface area contributed by atoms with Gasteiger partial charge in [0.1, 0.15) is 4.83 Å². The van der Waals surface area contributed by atoms with E-state index >= 15 is 0 Å². The van der Waals surface area contributed by atoms with E-state index in [1.165, 1.54) is 27.6 Å². The Kier molecular flexibility index (Phi) is 5.81. The lowest BCUT2D eigenvalue weighted by Gasteiger charge is -2.11.